The zero-order chi connectivity index (χ0) is 14.3. The van der Waals surface area contributed by atoms with Crippen LogP contribution in [0.4, 0.5) is 0 Å². The van der Waals surface area contributed by atoms with Gasteiger partial charge in [0.2, 0.25) is 11.8 Å². The van der Waals surface area contributed by atoms with E-state index in [-0.39, 0.29) is 23.8 Å². The molecule has 6 heteroatoms. The molecule has 0 saturated heterocycles. The SMILES string of the molecule is COCCNC(=O)CN(C)C(=O)[C@H](N)C(C)(C)C. The minimum absolute atomic E-state index is 0.00628. The van der Waals surface area contributed by atoms with Crippen molar-refractivity contribution in [2.75, 3.05) is 33.9 Å². The van der Waals surface area contributed by atoms with Crippen molar-refractivity contribution in [3.8, 4) is 0 Å². The van der Waals surface area contributed by atoms with Gasteiger partial charge in [-0.2, -0.15) is 0 Å². The Kier molecular flexibility index (Phi) is 6.86. The molecule has 0 bridgehead atoms. The number of rotatable bonds is 6. The van der Waals surface area contributed by atoms with Gasteiger partial charge in [0.25, 0.3) is 0 Å². The van der Waals surface area contributed by atoms with E-state index in [1.54, 1.807) is 14.2 Å². The molecule has 18 heavy (non-hydrogen) atoms. The summed E-state index contributed by atoms with van der Waals surface area (Å²) >= 11 is 0. The van der Waals surface area contributed by atoms with E-state index in [9.17, 15) is 9.59 Å². The standard InChI is InChI=1S/C12H25N3O3/c1-12(2,3)10(13)11(17)15(4)8-9(16)14-6-7-18-5/h10H,6-8,13H2,1-5H3,(H,14,16)/t10-/m0/s1. The predicted octanol–water partition coefficient (Wildman–Crippen LogP) is -0.419. The number of carbonyl (C=O) groups is 2. The first-order chi connectivity index (χ1) is 8.20. The number of methoxy groups -OCH3 is 1. The molecule has 0 spiro atoms. The molecule has 2 amide bonds. The quantitative estimate of drug-likeness (QED) is 0.635. The molecule has 0 heterocycles. The molecule has 106 valence electrons. The number of hydrogen-bond donors (Lipinski definition) is 2. The maximum absolute atomic E-state index is 12.0. The number of nitrogens with one attached hydrogen (secondary N) is 1. The number of amides is 2. The fourth-order valence-corrected chi connectivity index (χ4v) is 1.25. The second kappa shape index (κ2) is 7.33. The van der Waals surface area contributed by atoms with Crippen molar-refractivity contribution in [2.24, 2.45) is 11.1 Å². The second-order valence-electron chi connectivity index (χ2n) is 5.38. The van der Waals surface area contributed by atoms with Gasteiger partial charge in [-0.25, -0.2) is 0 Å². The summed E-state index contributed by atoms with van der Waals surface area (Å²) in [6.45, 7) is 6.56. The summed E-state index contributed by atoms with van der Waals surface area (Å²) in [7, 11) is 3.13. The van der Waals surface area contributed by atoms with Crippen molar-refractivity contribution >= 4 is 11.8 Å². The van der Waals surface area contributed by atoms with Crippen LogP contribution in [0.3, 0.4) is 0 Å². The van der Waals surface area contributed by atoms with Crippen LogP contribution in [-0.2, 0) is 14.3 Å². The highest BCUT2D eigenvalue weighted by molar-refractivity contribution is 5.87. The maximum Gasteiger partial charge on any atom is 0.240 e. The zero-order valence-corrected chi connectivity index (χ0v) is 11.9. The van der Waals surface area contributed by atoms with Crippen LogP contribution in [0.15, 0.2) is 0 Å². The smallest absolute Gasteiger partial charge is 0.240 e. The van der Waals surface area contributed by atoms with Crippen molar-refractivity contribution in [2.45, 2.75) is 26.8 Å². The molecular weight excluding hydrogens is 234 g/mol. The largest absolute Gasteiger partial charge is 0.383 e. The number of nitrogens with two attached hydrogens (primary N) is 1. The van der Waals surface area contributed by atoms with E-state index in [1.807, 2.05) is 20.8 Å². The van der Waals surface area contributed by atoms with E-state index >= 15 is 0 Å². The molecule has 0 unspecified atom stereocenters. The van der Waals surface area contributed by atoms with Gasteiger partial charge in [0, 0.05) is 20.7 Å². The van der Waals surface area contributed by atoms with Gasteiger partial charge < -0.3 is 20.7 Å². The molecule has 0 aromatic carbocycles. The molecule has 0 aliphatic heterocycles. The molecule has 1 atom stereocenters. The summed E-state index contributed by atoms with van der Waals surface area (Å²) in [6.07, 6.45) is 0. The molecule has 0 aliphatic carbocycles. The molecule has 0 fully saturated rings. The highest BCUT2D eigenvalue weighted by Gasteiger charge is 2.30. The first-order valence-electron chi connectivity index (χ1n) is 5.96. The molecule has 0 saturated carbocycles. The van der Waals surface area contributed by atoms with Crippen molar-refractivity contribution in [3.05, 3.63) is 0 Å². The van der Waals surface area contributed by atoms with E-state index in [2.05, 4.69) is 5.32 Å². The Morgan fingerprint density at radius 1 is 1.39 bits per heavy atom. The first kappa shape index (κ1) is 16.9. The van der Waals surface area contributed by atoms with Crippen LogP contribution in [0.25, 0.3) is 0 Å². The third-order valence-corrected chi connectivity index (χ3v) is 2.58. The van der Waals surface area contributed by atoms with Gasteiger partial charge >= 0.3 is 0 Å². The first-order valence-corrected chi connectivity index (χ1v) is 5.96. The molecule has 0 aliphatic rings. The average Bonchev–Trinajstić information content (AvgIpc) is 2.26. The number of carbonyl (C=O) groups excluding carboxylic acids is 2. The van der Waals surface area contributed by atoms with Gasteiger partial charge in [-0.15, -0.1) is 0 Å². The summed E-state index contributed by atoms with van der Waals surface area (Å²) in [5, 5.41) is 2.65. The fraction of sp³-hybridized carbons (Fsp3) is 0.833. The van der Waals surface area contributed by atoms with Crippen LogP contribution in [0.5, 0.6) is 0 Å². The summed E-state index contributed by atoms with van der Waals surface area (Å²) in [5.41, 5.74) is 5.53. The molecular formula is C12H25N3O3. The number of nitrogens with zero attached hydrogens (tertiary/aromatic N) is 1. The normalized spacial score (nSPS) is 13.0. The van der Waals surface area contributed by atoms with E-state index in [1.165, 1.54) is 4.90 Å². The summed E-state index contributed by atoms with van der Waals surface area (Å²) in [4.78, 5) is 24.8. The van der Waals surface area contributed by atoms with Gasteiger partial charge in [-0.3, -0.25) is 9.59 Å². The Hall–Kier alpha value is -1.14. The Morgan fingerprint density at radius 2 is 1.94 bits per heavy atom. The lowest BCUT2D eigenvalue weighted by Crippen LogP contribution is -2.51. The lowest BCUT2D eigenvalue weighted by molar-refractivity contribution is -0.137. The maximum atomic E-state index is 12.0. The minimum Gasteiger partial charge on any atom is -0.383 e. The second-order valence-corrected chi connectivity index (χ2v) is 5.38. The van der Waals surface area contributed by atoms with Gasteiger partial charge in [0.1, 0.15) is 0 Å². The number of hydrogen-bond acceptors (Lipinski definition) is 4. The molecule has 0 aromatic rings. The summed E-state index contributed by atoms with van der Waals surface area (Å²) in [6, 6.07) is -0.616. The fourth-order valence-electron chi connectivity index (χ4n) is 1.25. The van der Waals surface area contributed by atoms with Crippen LogP contribution in [-0.4, -0.2) is 56.6 Å². The highest BCUT2D eigenvalue weighted by Crippen LogP contribution is 2.18. The lowest BCUT2D eigenvalue weighted by Gasteiger charge is -2.29. The van der Waals surface area contributed by atoms with Crippen LogP contribution in [0, 0.1) is 5.41 Å². The van der Waals surface area contributed by atoms with Crippen molar-refractivity contribution in [1.82, 2.24) is 10.2 Å². The summed E-state index contributed by atoms with van der Waals surface area (Å²) < 4.78 is 4.81. The molecule has 6 nitrogen and oxygen atoms in total. The minimum atomic E-state index is -0.616. The predicted molar refractivity (Wildman–Crippen MR) is 70.0 cm³/mol. The van der Waals surface area contributed by atoms with Crippen molar-refractivity contribution < 1.29 is 14.3 Å². The van der Waals surface area contributed by atoms with Crippen molar-refractivity contribution in [3.63, 3.8) is 0 Å². The Bertz CT molecular complexity index is 287. The van der Waals surface area contributed by atoms with Crippen LogP contribution in [0.2, 0.25) is 0 Å². The third kappa shape index (κ3) is 5.97. The van der Waals surface area contributed by atoms with Gasteiger partial charge in [0.15, 0.2) is 0 Å². The van der Waals surface area contributed by atoms with Gasteiger partial charge in [-0.1, -0.05) is 20.8 Å². The summed E-state index contributed by atoms with van der Waals surface area (Å²) in [5.74, 6) is -0.451. The van der Waals surface area contributed by atoms with E-state index < -0.39 is 6.04 Å². The third-order valence-electron chi connectivity index (χ3n) is 2.58. The average molecular weight is 259 g/mol. The lowest BCUT2D eigenvalue weighted by atomic mass is 9.86. The Morgan fingerprint density at radius 3 is 2.39 bits per heavy atom. The Labute approximate surface area is 109 Å². The van der Waals surface area contributed by atoms with E-state index in [0.717, 1.165) is 0 Å². The highest BCUT2D eigenvalue weighted by atomic mass is 16.5. The molecule has 0 rings (SSSR count). The van der Waals surface area contributed by atoms with Crippen LogP contribution < -0.4 is 11.1 Å². The van der Waals surface area contributed by atoms with Gasteiger partial charge in [-0.05, 0) is 5.41 Å². The zero-order valence-electron chi connectivity index (χ0n) is 11.9. The molecule has 0 aromatic heterocycles. The number of ether oxygens (including phenoxy) is 1. The number of likely N-dealkylation sites (N-methyl/N-ethyl adjacent to an activating group) is 1. The Balaban J connectivity index is 4.20. The van der Waals surface area contributed by atoms with Crippen molar-refractivity contribution in [1.29, 1.82) is 0 Å². The topological polar surface area (TPSA) is 84.7 Å². The van der Waals surface area contributed by atoms with E-state index in [0.29, 0.717) is 13.2 Å². The molecule has 0 radical (unpaired) electrons. The molecule has 3 N–H and O–H groups in total. The van der Waals surface area contributed by atoms with Crippen LogP contribution in [0.1, 0.15) is 20.8 Å². The van der Waals surface area contributed by atoms with E-state index in [4.69, 9.17) is 10.5 Å². The van der Waals surface area contributed by atoms with Crippen LogP contribution >= 0.6 is 0 Å². The van der Waals surface area contributed by atoms with Gasteiger partial charge in [0.05, 0.1) is 19.2 Å². The monoisotopic (exact) mass is 259 g/mol.